The zero-order chi connectivity index (χ0) is 15.1. The Balaban J connectivity index is 2.36. The average Bonchev–Trinajstić information content (AvgIpc) is 2.69. The molecule has 0 aromatic heterocycles. The van der Waals surface area contributed by atoms with Crippen LogP contribution in [0.5, 0.6) is 0 Å². The van der Waals surface area contributed by atoms with Gasteiger partial charge in [-0.15, -0.1) is 0 Å². The second-order valence-corrected chi connectivity index (χ2v) is 6.89. The first kappa shape index (κ1) is 14.8. The Morgan fingerprint density at radius 2 is 2.15 bits per heavy atom. The lowest BCUT2D eigenvalue weighted by Gasteiger charge is -2.18. The summed E-state index contributed by atoms with van der Waals surface area (Å²) in [5.74, 6) is -1.21. The number of hydrogen-bond acceptors (Lipinski definition) is 5. The molecule has 0 radical (unpaired) electrons. The van der Waals surface area contributed by atoms with Gasteiger partial charge in [0.2, 0.25) is 15.8 Å². The molecule has 1 aromatic carbocycles. The van der Waals surface area contributed by atoms with E-state index in [1.165, 1.54) is 6.92 Å². The minimum absolute atomic E-state index is 0.0893. The minimum Gasteiger partial charge on any atom is -0.389 e. The van der Waals surface area contributed by atoms with E-state index in [-0.39, 0.29) is 24.4 Å². The Morgan fingerprint density at radius 3 is 2.60 bits per heavy atom. The highest BCUT2D eigenvalue weighted by molar-refractivity contribution is 7.89. The van der Waals surface area contributed by atoms with Gasteiger partial charge in [0, 0.05) is 25.2 Å². The first-order chi connectivity index (χ1) is 9.13. The summed E-state index contributed by atoms with van der Waals surface area (Å²) in [6.07, 6.45) is 0.279. The van der Waals surface area contributed by atoms with E-state index in [4.69, 9.17) is 0 Å². The Morgan fingerprint density at radius 1 is 1.50 bits per heavy atom. The normalized spacial score (nSPS) is 23.9. The van der Waals surface area contributed by atoms with Crippen molar-refractivity contribution in [1.82, 2.24) is 4.31 Å². The van der Waals surface area contributed by atoms with E-state index in [1.54, 1.807) is 0 Å². The number of nitrogens with zero attached hydrogens (tertiary/aromatic N) is 2. The van der Waals surface area contributed by atoms with E-state index in [2.05, 4.69) is 0 Å². The van der Waals surface area contributed by atoms with Gasteiger partial charge in [-0.05, 0) is 19.4 Å². The molecule has 1 aliphatic rings. The van der Waals surface area contributed by atoms with Crippen LogP contribution in [0.3, 0.4) is 0 Å². The molecule has 1 aromatic rings. The third-order valence-electron chi connectivity index (χ3n) is 3.17. The number of β-amino-alcohol motifs (C(OH)–C–C–N with tert-alkyl or cyclic N) is 1. The van der Waals surface area contributed by atoms with Crippen LogP contribution < -0.4 is 0 Å². The molecule has 1 aliphatic heterocycles. The first-order valence-electron chi connectivity index (χ1n) is 5.80. The fourth-order valence-corrected chi connectivity index (χ4v) is 3.62. The zero-order valence-electron chi connectivity index (χ0n) is 10.6. The predicted octanol–water partition coefficient (Wildman–Crippen LogP) is 0.879. The summed E-state index contributed by atoms with van der Waals surface area (Å²) >= 11 is 0. The molecule has 9 heteroatoms. The SMILES string of the molecule is CC1(O)CCN(S(=O)(=O)c2ccc([N+](=O)[O-])c(F)c2)C1. The number of benzene rings is 1. The average molecular weight is 304 g/mol. The number of hydrogen-bond donors (Lipinski definition) is 1. The van der Waals surface area contributed by atoms with Crippen molar-refractivity contribution in [3.63, 3.8) is 0 Å². The standard InChI is InChI=1S/C11H13FN2O5S/c1-11(15)4-5-13(7-11)20(18,19)8-2-3-10(14(16)17)9(12)6-8/h2-3,6,15H,4-5,7H2,1H3. The van der Waals surface area contributed by atoms with Crippen LogP contribution in [0.4, 0.5) is 10.1 Å². The summed E-state index contributed by atoms with van der Waals surface area (Å²) in [5.41, 5.74) is -1.90. The Bertz CT molecular complexity index is 659. The molecule has 7 nitrogen and oxygen atoms in total. The summed E-state index contributed by atoms with van der Waals surface area (Å²) in [4.78, 5) is 9.21. The summed E-state index contributed by atoms with van der Waals surface area (Å²) in [5, 5.41) is 20.3. The van der Waals surface area contributed by atoms with Crippen LogP contribution in [-0.2, 0) is 10.0 Å². The molecule has 20 heavy (non-hydrogen) atoms. The quantitative estimate of drug-likeness (QED) is 0.660. The third kappa shape index (κ3) is 2.65. The lowest BCUT2D eigenvalue weighted by Crippen LogP contribution is -2.34. The maximum atomic E-state index is 13.5. The molecule has 1 atom stereocenters. The van der Waals surface area contributed by atoms with Gasteiger partial charge < -0.3 is 5.11 Å². The molecule has 0 spiro atoms. The van der Waals surface area contributed by atoms with Crippen molar-refractivity contribution in [3.05, 3.63) is 34.1 Å². The van der Waals surface area contributed by atoms with Gasteiger partial charge in [-0.3, -0.25) is 10.1 Å². The molecule has 0 amide bonds. The van der Waals surface area contributed by atoms with E-state index >= 15 is 0 Å². The minimum atomic E-state index is -3.96. The Kier molecular flexibility index (Phi) is 3.53. The van der Waals surface area contributed by atoms with Crippen LogP contribution in [0, 0.1) is 15.9 Å². The summed E-state index contributed by atoms with van der Waals surface area (Å²) < 4.78 is 39.0. The van der Waals surface area contributed by atoms with Gasteiger partial charge in [-0.25, -0.2) is 8.42 Å². The monoisotopic (exact) mass is 304 g/mol. The van der Waals surface area contributed by atoms with Crippen molar-refractivity contribution in [1.29, 1.82) is 0 Å². The fourth-order valence-electron chi connectivity index (χ4n) is 2.05. The van der Waals surface area contributed by atoms with Crippen LogP contribution in [-0.4, -0.2) is 41.4 Å². The van der Waals surface area contributed by atoms with Gasteiger partial charge >= 0.3 is 5.69 Å². The van der Waals surface area contributed by atoms with E-state index in [9.17, 15) is 28.0 Å². The second-order valence-electron chi connectivity index (χ2n) is 4.96. The second kappa shape index (κ2) is 4.76. The van der Waals surface area contributed by atoms with Crippen molar-refractivity contribution in [3.8, 4) is 0 Å². The molecule has 1 N–H and O–H groups in total. The van der Waals surface area contributed by atoms with Gasteiger partial charge in [0.25, 0.3) is 0 Å². The van der Waals surface area contributed by atoms with E-state index in [1.807, 2.05) is 0 Å². The van der Waals surface area contributed by atoms with Crippen LogP contribution >= 0.6 is 0 Å². The van der Waals surface area contributed by atoms with Gasteiger partial charge in [0.1, 0.15) is 0 Å². The number of rotatable bonds is 3. The molecule has 1 unspecified atom stereocenters. The van der Waals surface area contributed by atoms with E-state index < -0.39 is 32.1 Å². The van der Waals surface area contributed by atoms with Crippen LogP contribution in [0.15, 0.2) is 23.1 Å². The van der Waals surface area contributed by atoms with Crippen LogP contribution in [0.2, 0.25) is 0 Å². The topological polar surface area (TPSA) is 101 Å². The number of aliphatic hydroxyl groups is 1. The molecule has 1 fully saturated rings. The molecule has 0 bridgehead atoms. The van der Waals surface area contributed by atoms with Gasteiger partial charge in [-0.2, -0.15) is 8.70 Å². The summed E-state index contributed by atoms with van der Waals surface area (Å²) in [7, 11) is -3.96. The number of sulfonamides is 1. The van der Waals surface area contributed by atoms with Crippen molar-refractivity contribution >= 4 is 15.7 Å². The predicted molar refractivity (Wildman–Crippen MR) is 67.1 cm³/mol. The van der Waals surface area contributed by atoms with Crippen LogP contribution in [0.25, 0.3) is 0 Å². The molecule has 0 aliphatic carbocycles. The fraction of sp³-hybridized carbons (Fsp3) is 0.455. The van der Waals surface area contributed by atoms with E-state index in [0.29, 0.717) is 6.07 Å². The molecular formula is C11H13FN2O5S. The highest BCUT2D eigenvalue weighted by Gasteiger charge is 2.38. The molecule has 1 saturated heterocycles. The van der Waals surface area contributed by atoms with Crippen LogP contribution in [0.1, 0.15) is 13.3 Å². The zero-order valence-corrected chi connectivity index (χ0v) is 11.4. The van der Waals surface area contributed by atoms with Gasteiger partial charge in [0.15, 0.2) is 0 Å². The smallest absolute Gasteiger partial charge is 0.304 e. The largest absolute Gasteiger partial charge is 0.389 e. The van der Waals surface area contributed by atoms with Crippen molar-refractivity contribution in [2.24, 2.45) is 0 Å². The summed E-state index contributed by atoms with van der Waals surface area (Å²) in [6, 6.07) is 2.43. The molecule has 0 saturated carbocycles. The van der Waals surface area contributed by atoms with Crippen molar-refractivity contribution in [2.75, 3.05) is 13.1 Å². The van der Waals surface area contributed by atoms with Crippen molar-refractivity contribution in [2.45, 2.75) is 23.8 Å². The molecule has 1 heterocycles. The Hall–Kier alpha value is -1.58. The van der Waals surface area contributed by atoms with Gasteiger partial charge in [-0.1, -0.05) is 0 Å². The number of nitro benzene ring substituents is 1. The lowest BCUT2D eigenvalue weighted by molar-refractivity contribution is -0.387. The maximum absolute atomic E-state index is 13.5. The molecule has 110 valence electrons. The molecular weight excluding hydrogens is 291 g/mol. The lowest BCUT2D eigenvalue weighted by atomic mass is 10.1. The Labute approximate surface area is 114 Å². The maximum Gasteiger partial charge on any atom is 0.304 e. The summed E-state index contributed by atoms with van der Waals surface area (Å²) in [6.45, 7) is 1.54. The highest BCUT2D eigenvalue weighted by atomic mass is 32.2. The third-order valence-corrected chi connectivity index (χ3v) is 5.01. The highest BCUT2D eigenvalue weighted by Crippen LogP contribution is 2.28. The molecule has 2 rings (SSSR count). The number of nitro groups is 1. The number of halogens is 1. The first-order valence-corrected chi connectivity index (χ1v) is 7.24. The van der Waals surface area contributed by atoms with Gasteiger partial charge in [0.05, 0.1) is 15.4 Å². The van der Waals surface area contributed by atoms with Crippen molar-refractivity contribution < 1.29 is 22.8 Å². The van der Waals surface area contributed by atoms with E-state index in [0.717, 1.165) is 16.4 Å².